The average molecular weight is 211 g/mol. The summed E-state index contributed by atoms with van der Waals surface area (Å²) in [6, 6.07) is 6.06. The van der Waals surface area contributed by atoms with Crippen LogP contribution in [-0.2, 0) is 10.8 Å². The van der Waals surface area contributed by atoms with Crippen LogP contribution in [-0.4, -0.2) is 15.4 Å². The zero-order chi connectivity index (χ0) is 9.42. The summed E-state index contributed by atoms with van der Waals surface area (Å²) in [5, 5.41) is 0. The number of rotatable bonds is 1. The third-order valence-electron chi connectivity index (χ3n) is 1.77. The molecule has 0 fully saturated rings. The van der Waals surface area contributed by atoms with Crippen molar-refractivity contribution in [3.05, 3.63) is 23.8 Å². The van der Waals surface area contributed by atoms with Crippen LogP contribution >= 0.6 is 11.3 Å². The largest absolute Gasteiger partial charge is 0.252 e. The van der Waals surface area contributed by atoms with Crippen LogP contribution in [0.1, 0.15) is 5.56 Å². The fourth-order valence-corrected chi connectivity index (χ4v) is 2.89. The molecule has 0 aliphatic heterocycles. The first-order chi connectivity index (χ1) is 6.16. The maximum absolute atomic E-state index is 11.2. The fourth-order valence-electron chi connectivity index (χ4n) is 1.13. The van der Waals surface area contributed by atoms with Gasteiger partial charge in [-0.1, -0.05) is 6.07 Å². The smallest absolute Gasteiger partial charge is 0.181 e. The summed E-state index contributed by atoms with van der Waals surface area (Å²) >= 11 is 1.51. The van der Waals surface area contributed by atoms with E-state index in [4.69, 9.17) is 0 Å². The van der Waals surface area contributed by atoms with Gasteiger partial charge in [0.05, 0.1) is 21.0 Å². The van der Waals surface area contributed by atoms with Crippen LogP contribution in [0, 0.1) is 6.92 Å². The molecule has 2 nitrogen and oxygen atoms in total. The zero-order valence-corrected chi connectivity index (χ0v) is 9.04. The van der Waals surface area contributed by atoms with Gasteiger partial charge < -0.3 is 0 Å². The van der Waals surface area contributed by atoms with Gasteiger partial charge in [-0.15, -0.1) is 11.3 Å². The highest BCUT2D eigenvalue weighted by atomic mass is 32.2. The molecule has 0 N–H and O–H groups in total. The monoisotopic (exact) mass is 211 g/mol. The molecule has 0 amide bonds. The molecule has 68 valence electrons. The quantitative estimate of drug-likeness (QED) is 0.724. The summed E-state index contributed by atoms with van der Waals surface area (Å²) in [5.41, 5.74) is 2.16. The van der Waals surface area contributed by atoms with E-state index < -0.39 is 10.8 Å². The van der Waals surface area contributed by atoms with Crippen LogP contribution in [0.5, 0.6) is 0 Å². The van der Waals surface area contributed by atoms with Crippen LogP contribution in [0.3, 0.4) is 0 Å². The summed E-state index contributed by atoms with van der Waals surface area (Å²) in [4.78, 5) is 4.27. The highest BCUT2D eigenvalue weighted by Crippen LogP contribution is 2.24. The predicted octanol–water partition coefficient (Wildman–Crippen LogP) is 2.34. The Morgan fingerprint density at radius 3 is 2.92 bits per heavy atom. The molecule has 0 radical (unpaired) electrons. The van der Waals surface area contributed by atoms with E-state index in [0.29, 0.717) is 4.34 Å². The molecule has 0 spiro atoms. The van der Waals surface area contributed by atoms with E-state index in [0.717, 1.165) is 10.2 Å². The molecule has 0 aliphatic carbocycles. The number of fused-ring (bicyclic) bond motifs is 1. The van der Waals surface area contributed by atoms with Crippen LogP contribution < -0.4 is 0 Å². The highest BCUT2D eigenvalue weighted by Gasteiger charge is 2.05. The topological polar surface area (TPSA) is 30.0 Å². The van der Waals surface area contributed by atoms with Crippen molar-refractivity contribution in [2.45, 2.75) is 11.3 Å². The van der Waals surface area contributed by atoms with E-state index in [2.05, 4.69) is 11.1 Å². The number of nitrogens with zero attached hydrogens (tertiary/aromatic N) is 1. The number of hydrogen-bond acceptors (Lipinski definition) is 3. The lowest BCUT2D eigenvalue weighted by Gasteiger charge is -1.88. The summed E-state index contributed by atoms with van der Waals surface area (Å²) in [5.74, 6) is 0. The molecule has 0 unspecified atom stereocenters. The Hall–Kier alpha value is -0.740. The maximum Gasteiger partial charge on any atom is 0.181 e. The molecular formula is C9H9NOS2. The lowest BCUT2D eigenvalue weighted by molar-refractivity contribution is 0.686. The Balaban J connectivity index is 2.68. The molecule has 4 heteroatoms. The molecule has 0 bridgehead atoms. The molecular weight excluding hydrogens is 202 g/mol. The summed E-state index contributed by atoms with van der Waals surface area (Å²) in [7, 11) is -0.961. The average Bonchev–Trinajstić information content (AvgIpc) is 2.46. The van der Waals surface area contributed by atoms with E-state index in [1.807, 2.05) is 19.1 Å². The van der Waals surface area contributed by atoms with Crippen molar-refractivity contribution in [2.24, 2.45) is 0 Å². The maximum atomic E-state index is 11.2. The van der Waals surface area contributed by atoms with E-state index >= 15 is 0 Å². The number of benzene rings is 1. The van der Waals surface area contributed by atoms with E-state index in [9.17, 15) is 4.21 Å². The molecule has 0 saturated heterocycles. The minimum atomic E-state index is -0.961. The van der Waals surface area contributed by atoms with Gasteiger partial charge in [0.2, 0.25) is 0 Å². The molecule has 2 rings (SSSR count). The molecule has 0 aliphatic rings. The van der Waals surface area contributed by atoms with Gasteiger partial charge in [-0.05, 0) is 24.6 Å². The molecule has 1 atom stereocenters. The second-order valence-corrected chi connectivity index (χ2v) is 5.49. The van der Waals surface area contributed by atoms with Gasteiger partial charge in [0, 0.05) is 6.26 Å². The van der Waals surface area contributed by atoms with Gasteiger partial charge in [0.25, 0.3) is 0 Å². The number of thiazole rings is 1. The Bertz CT molecular complexity index is 475. The lowest BCUT2D eigenvalue weighted by atomic mass is 10.2. The Morgan fingerprint density at radius 2 is 2.23 bits per heavy atom. The first kappa shape index (κ1) is 8.84. The first-order valence-corrected chi connectivity index (χ1v) is 6.25. The Labute approximate surface area is 83.1 Å². The van der Waals surface area contributed by atoms with Crippen LogP contribution in [0.15, 0.2) is 22.5 Å². The van der Waals surface area contributed by atoms with Gasteiger partial charge >= 0.3 is 0 Å². The number of hydrogen-bond donors (Lipinski definition) is 0. The molecule has 13 heavy (non-hydrogen) atoms. The number of aryl methyl sites for hydroxylation is 1. The Kier molecular flexibility index (Phi) is 2.17. The number of aromatic nitrogens is 1. The molecule has 1 aromatic heterocycles. The second kappa shape index (κ2) is 3.20. The van der Waals surface area contributed by atoms with E-state index in [-0.39, 0.29) is 0 Å². The van der Waals surface area contributed by atoms with Gasteiger partial charge in [0.15, 0.2) is 4.34 Å². The summed E-state index contributed by atoms with van der Waals surface area (Å²) in [6.45, 7) is 2.04. The minimum Gasteiger partial charge on any atom is -0.252 e. The third-order valence-corrected chi connectivity index (χ3v) is 4.12. The lowest BCUT2D eigenvalue weighted by Crippen LogP contribution is -1.83. The van der Waals surface area contributed by atoms with Crippen molar-refractivity contribution in [1.29, 1.82) is 0 Å². The highest BCUT2D eigenvalue weighted by molar-refractivity contribution is 7.86. The summed E-state index contributed by atoms with van der Waals surface area (Å²) in [6.07, 6.45) is 1.66. The van der Waals surface area contributed by atoms with E-state index in [1.165, 1.54) is 16.9 Å². The second-order valence-electron chi connectivity index (χ2n) is 2.91. The molecule has 2 aromatic rings. The van der Waals surface area contributed by atoms with E-state index in [1.54, 1.807) is 6.26 Å². The van der Waals surface area contributed by atoms with Crippen molar-refractivity contribution in [2.75, 3.05) is 6.26 Å². The van der Waals surface area contributed by atoms with Crippen molar-refractivity contribution in [1.82, 2.24) is 4.98 Å². The third kappa shape index (κ3) is 1.64. The zero-order valence-electron chi connectivity index (χ0n) is 7.40. The SMILES string of the molecule is Cc1ccc2nc([S@@](C)=O)sc2c1. The summed E-state index contributed by atoms with van der Waals surface area (Å²) < 4.78 is 13.0. The van der Waals surface area contributed by atoms with Gasteiger partial charge in [-0.25, -0.2) is 4.98 Å². The van der Waals surface area contributed by atoms with Gasteiger partial charge in [-0.2, -0.15) is 0 Å². The molecule has 1 heterocycles. The van der Waals surface area contributed by atoms with Crippen LogP contribution in [0.2, 0.25) is 0 Å². The molecule has 0 saturated carbocycles. The molecule has 1 aromatic carbocycles. The fraction of sp³-hybridized carbons (Fsp3) is 0.222. The standard InChI is InChI=1S/C9H9NOS2/c1-6-3-4-7-8(5-6)12-9(10-7)13(2)11/h3-5H,1-2H3/t13-/m1/s1. The minimum absolute atomic E-state index is 0.709. The van der Waals surface area contributed by atoms with Gasteiger partial charge in [0.1, 0.15) is 0 Å². The predicted molar refractivity (Wildman–Crippen MR) is 56.7 cm³/mol. The van der Waals surface area contributed by atoms with Crippen molar-refractivity contribution >= 4 is 32.4 Å². The van der Waals surface area contributed by atoms with Crippen molar-refractivity contribution in [3.63, 3.8) is 0 Å². The van der Waals surface area contributed by atoms with Crippen LogP contribution in [0.25, 0.3) is 10.2 Å². The van der Waals surface area contributed by atoms with Crippen molar-refractivity contribution in [3.8, 4) is 0 Å². The first-order valence-electron chi connectivity index (χ1n) is 3.87. The Morgan fingerprint density at radius 1 is 1.46 bits per heavy atom. The van der Waals surface area contributed by atoms with Crippen molar-refractivity contribution < 1.29 is 4.21 Å². The van der Waals surface area contributed by atoms with Crippen LogP contribution in [0.4, 0.5) is 0 Å². The van der Waals surface area contributed by atoms with Gasteiger partial charge in [-0.3, -0.25) is 4.21 Å². The normalized spacial score (nSPS) is 13.4.